The van der Waals surface area contributed by atoms with Crippen LogP contribution in [0.2, 0.25) is 5.02 Å². The Morgan fingerprint density at radius 2 is 1.88 bits per heavy atom. The van der Waals surface area contributed by atoms with Crippen LogP contribution in [-0.2, 0) is 6.42 Å². The van der Waals surface area contributed by atoms with Crippen molar-refractivity contribution in [1.29, 1.82) is 0 Å². The van der Waals surface area contributed by atoms with Gasteiger partial charge in [0.25, 0.3) is 5.91 Å². The van der Waals surface area contributed by atoms with Gasteiger partial charge in [-0.2, -0.15) is 5.10 Å². The second-order valence-electron chi connectivity index (χ2n) is 10.1. The number of unbranched alkanes of at least 4 members (excludes halogenated alkanes) is 2. The van der Waals surface area contributed by atoms with Crippen molar-refractivity contribution in [3.8, 4) is 28.5 Å². The number of rotatable bonds is 11. The molecule has 0 spiro atoms. The quantitative estimate of drug-likeness (QED) is 0.191. The molecule has 0 radical (unpaired) electrons. The van der Waals surface area contributed by atoms with Gasteiger partial charge < -0.3 is 19.5 Å². The number of aromatic hydroxyl groups is 1. The number of ether oxygens (including phenoxy) is 2. The Bertz CT molecular complexity index is 1500. The number of H-pyrrole nitrogens is 1. The normalized spacial score (nSPS) is 14.4. The zero-order valence-electron chi connectivity index (χ0n) is 23.0. The highest BCUT2D eigenvalue weighted by Crippen LogP contribution is 2.45. The first-order valence-electron chi connectivity index (χ1n) is 13.7. The summed E-state index contributed by atoms with van der Waals surface area (Å²) in [6.07, 6.45) is 3.88. The molecule has 2 heterocycles. The van der Waals surface area contributed by atoms with Crippen LogP contribution in [0.5, 0.6) is 17.2 Å². The molecular formula is C32H34ClN3O4. The number of phenolic OH excluding ortho intramolecular Hbond substituents is 1. The number of carbonyl (C=O) groups is 1. The minimum atomic E-state index is -0.423. The largest absolute Gasteiger partial charge is 0.507 e. The van der Waals surface area contributed by atoms with Crippen molar-refractivity contribution in [1.82, 2.24) is 15.1 Å². The first-order valence-corrected chi connectivity index (χ1v) is 14.0. The number of fused-ring (bicyclic) bond motifs is 1. The number of nitrogens with zero attached hydrogens (tertiary/aromatic N) is 2. The fourth-order valence-corrected chi connectivity index (χ4v) is 5.36. The lowest BCUT2D eigenvalue weighted by atomic mass is 9.95. The lowest BCUT2D eigenvalue weighted by molar-refractivity contribution is 0.0745. The van der Waals surface area contributed by atoms with E-state index < -0.39 is 6.04 Å². The summed E-state index contributed by atoms with van der Waals surface area (Å²) in [5, 5.41) is 18.8. The zero-order valence-corrected chi connectivity index (χ0v) is 23.8. The minimum absolute atomic E-state index is 0.0621. The van der Waals surface area contributed by atoms with Gasteiger partial charge in [0.2, 0.25) is 0 Å². The van der Waals surface area contributed by atoms with Crippen molar-refractivity contribution >= 4 is 17.5 Å². The van der Waals surface area contributed by atoms with E-state index in [1.54, 1.807) is 19.2 Å². The molecule has 1 atom stereocenters. The Kier molecular flexibility index (Phi) is 8.31. The van der Waals surface area contributed by atoms with Crippen molar-refractivity contribution in [2.45, 2.75) is 45.6 Å². The highest BCUT2D eigenvalue weighted by atomic mass is 35.5. The molecule has 208 valence electrons. The minimum Gasteiger partial charge on any atom is -0.507 e. The van der Waals surface area contributed by atoms with Crippen LogP contribution < -0.4 is 9.47 Å². The van der Waals surface area contributed by atoms with Gasteiger partial charge in [0.15, 0.2) is 0 Å². The van der Waals surface area contributed by atoms with Gasteiger partial charge in [-0.25, -0.2) is 0 Å². The van der Waals surface area contributed by atoms with E-state index in [2.05, 4.69) is 17.1 Å². The van der Waals surface area contributed by atoms with Gasteiger partial charge in [-0.15, -0.1) is 0 Å². The molecular weight excluding hydrogens is 526 g/mol. The van der Waals surface area contributed by atoms with E-state index >= 15 is 0 Å². The molecule has 1 aliphatic rings. The lowest BCUT2D eigenvalue weighted by Gasteiger charge is -2.27. The summed E-state index contributed by atoms with van der Waals surface area (Å²) in [6, 6.07) is 18.7. The summed E-state index contributed by atoms with van der Waals surface area (Å²) >= 11 is 6.44. The zero-order chi connectivity index (χ0) is 28.2. The van der Waals surface area contributed by atoms with Gasteiger partial charge >= 0.3 is 0 Å². The molecule has 0 bridgehead atoms. The number of halogens is 1. The number of carbonyl (C=O) groups excluding carboxylic acids is 1. The maximum Gasteiger partial charge on any atom is 0.273 e. The molecule has 1 unspecified atom stereocenters. The van der Waals surface area contributed by atoms with Gasteiger partial charge in [0, 0.05) is 22.7 Å². The van der Waals surface area contributed by atoms with Gasteiger partial charge in [-0.3, -0.25) is 9.89 Å². The van der Waals surface area contributed by atoms with Gasteiger partial charge in [-0.1, -0.05) is 55.6 Å². The van der Waals surface area contributed by atoms with Crippen LogP contribution in [0.4, 0.5) is 0 Å². The standard InChI is InChI=1S/C32H34ClN3O4/c1-4-5-6-16-40-24-9-7-8-22(18-24)31-28-29(25-19-26(33)20(2)17-27(25)37)34-35-30(28)32(38)36(31)15-14-21-10-12-23(39-3)13-11-21/h7-13,17-19,31,37H,4-6,14-16H2,1-3H3,(H,34,35). The Morgan fingerprint density at radius 3 is 2.62 bits per heavy atom. The van der Waals surface area contributed by atoms with Crippen LogP contribution in [0, 0.1) is 6.92 Å². The van der Waals surface area contributed by atoms with E-state index in [4.69, 9.17) is 21.1 Å². The highest BCUT2D eigenvalue weighted by Gasteiger charge is 2.42. The van der Waals surface area contributed by atoms with Crippen molar-refractivity contribution in [3.63, 3.8) is 0 Å². The molecule has 8 heteroatoms. The molecule has 1 aliphatic heterocycles. The van der Waals surface area contributed by atoms with E-state index in [0.717, 1.165) is 53.0 Å². The summed E-state index contributed by atoms with van der Waals surface area (Å²) in [5.41, 5.74) is 4.89. The predicted molar refractivity (Wildman–Crippen MR) is 156 cm³/mol. The number of nitrogens with one attached hydrogen (secondary N) is 1. The molecule has 7 nitrogen and oxygen atoms in total. The summed E-state index contributed by atoms with van der Waals surface area (Å²) < 4.78 is 11.3. The van der Waals surface area contributed by atoms with Gasteiger partial charge in [0.1, 0.15) is 28.6 Å². The molecule has 3 aromatic carbocycles. The van der Waals surface area contributed by atoms with Crippen LogP contribution >= 0.6 is 11.6 Å². The maximum atomic E-state index is 13.8. The molecule has 0 fully saturated rings. The van der Waals surface area contributed by atoms with Crippen molar-refractivity contribution < 1.29 is 19.4 Å². The molecule has 1 aromatic heterocycles. The van der Waals surface area contributed by atoms with Crippen LogP contribution in [0.3, 0.4) is 0 Å². The number of benzene rings is 3. The summed E-state index contributed by atoms with van der Waals surface area (Å²) in [7, 11) is 1.64. The third-order valence-electron chi connectivity index (χ3n) is 7.39. The van der Waals surface area contributed by atoms with Crippen molar-refractivity contribution in [2.75, 3.05) is 20.3 Å². The molecule has 0 saturated heterocycles. The lowest BCUT2D eigenvalue weighted by Crippen LogP contribution is -2.31. The maximum absolute atomic E-state index is 13.8. The van der Waals surface area contributed by atoms with E-state index in [1.165, 1.54) is 0 Å². The number of aryl methyl sites for hydroxylation is 1. The van der Waals surface area contributed by atoms with Crippen molar-refractivity contribution in [2.24, 2.45) is 0 Å². The smallest absolute Gasteiger partial charge is 0.273 e. The number of aromatic nitrogens is 2. The molecule has 4 aromatic rings. The average molecular weight is 560 g/mol. The van der Waals surface area contributed by atoms with Crippen LogP contribution in [0.15, 0.2) is 60.7 Å². The first kappa shape index (κ1) is 27.6. The summed E-state index contributed by atoms with van der Waals surface area (Å²) in [4.78, 5) is 15.7. The summed E-state index contributed by atoms with van der Waals surface area (Å²) in [5.74, 6) is 1.47. The molecule has 0 saturated carbocycles. The number of phenols is 1. The fraction of sp³-hybridized carbons (Fsp3) is 0.312. The number of hydrogen-bond acceptors (Lipinski definition) is 5. The number of amides is 1. The van der Waals surface area contributed by atoms with E-state index in [0.29, 0.717) is 41.5 Å². The van der Waals surface area contributed by atoms with Crippen LogP contribution in [0.1, 0.15) is 65.0 Å². The second-order valence-corrected chi connectivity index (χ2v) is 10.5. The van der Waals surface area contributed by atoms with Crippen LogP contribution in [0.25, 0.3) is 11.3 Å². The number of aromatic amines is 1. The number of hydrogen-bond donors (Lipinski definition) is 2. The third kappa shape index (κ3) is 5.52. The molecule has 0 aliphatic carbocycles. The highest BCUT2D eigenvalue weighted by molar-refractivity contribution is 6.31. The Labute approximate surface area is 239 Å². The van der Waals surface area contributed by atoms with Crippen LogP contribution in [-0.4, -0.2) is 46.4 Å². The topological polar surface area (TPSA) is 87.7 Å². The van der Waals surface area contributed by atoms with E-state index in [1.807, 2.05) is 60.4 Å². The second kappa shape index (κ2) is 12.0. The van der Waals surface area contributed by atoms with Gasteiger partial charge in [0.05, 0.1) is 19.8 Å². The molecule has 2 N–H and O–H groups in total. The number of methoxy groups -OCH3 is 1. The molecule has 1 amide bonds. The average Bonchev–Trinajstić information content (AvgIpc) is 3.51. The van der Waals surface area contributed by atoms with E-state index in [9.17, 15) is 9.90 Å². The predicted octanol–water partition coefficient (Wildman–Crippen LogP) is 7.11. The Morgan fingerprint density at radius 1 is 1.07 bits per heavy atom. The monoisotopic (exact) mass is 559 g/mol. The fourth-order valence-electron chi connectivity index (χ4n) is 5.19. The Balaban J connectivity index is 1.53. The van der Waals surface area contributed by atoms with Gasteiger partial charge in [-0.05, 0) is 72.9 Å². The molecule has 5 rings (SSSR count). The molecule has 40 heavy (non-hydrogen) atoms. The SMILES string of the molecule is CCCCCOc1cccc(C2c3c(-c4cc(Cl)c(C)cc4O)n[nH]c3C(=O)N2CCc2ccc(OC)cc2)c1. The third-order valence-corrected chi connectivity index (χ3v) is 7.79. The van der Waals surface area contributed by atoms with Crippen molar-refractivity contribution in [3.05, 3.63) is 93.6 Å². The first-order chi connectivity index (χ1) is 19.4. The van der Waals surface area contributed by atoms with E-state index in [-0.39, 0.29) is 11.7 Å². The Hall–Kier alpha value is -3.97. The summed E-state index contributed by atoms with van der Waals surface area (Å²) in [6.45, 7) is 5.12.